The van der Waals surface area contributed by atoms with E-state index >= 15 is 0 Å². The van der Waals surface area contributed by atoms with Crippen molar-refractivity contribution in [3.63, 3.8) is 0 Å². The number of halogens is 1. The van der Waals surface area contributed by atoms with Gasteiger partial charge in [0.2, 0.25) is 0 Å². The van der Waals surface area contributed by atoms with Crippen LogP contribution in [0.4, 0.5) is 0 Å². The molecule has 0 aliphatic carbocycles. The highest BCUT2D eigenvalue weighted by atomic mass is 79.9. The zero-order valence-electron chi connectivity index (χ0n) is 10.9. The molecule has 1 aromatic carbocycles. The fourth-order valence-electron chi connectivity index (χ4n) is 1.46. The molecule has 0 aromatic heterocycles. The van der Waals surface area contributed by atoms with Crippen molar-refractivity contribution in [2.24, 2.45) is 0 Å². The van der Waals surface area contributed by atoms with Crippen LogP contribution in [0.15, 0.2) is 27.6 Å². The van der Waals surface area contributed by atoms with E-state index in [0.717, 1.165) is 13.1 Å². The Hall–Kier alpha value is 0.01000. The van der Waals surface area contributed by atoms with Crippen molar-refractivity contribution >= 4 is 27.7 Å². The van der Waals surface area contributed by atoms with E-state index in [0.29, 0.717) is 5.25 Å². The summed E-state index contributed by atoms with van der Waals surface area (Å²) < 4.78 is 1.22. The Morgan fingerprint density at radius 1 is 1.35 bits per heavy atom. The second kappa shape index (κ2) is 8.17. The zero-order valence-corrected chi connectivity index (χ0v) is 13.3. The molecule has 0 radical (unpaired) electrons. The minimum absolute atomic E-state index is 0.686. The smallest absolute Gasteiger partial charge is 0.0231 e. The molecular weight excluding hydrogens is 294 g/mol. The molecule has 0 spiro atoms. The molecule has 1 rings (SSSR count). The zero-order chi connectivity index (χ0) is 12.7. The number of rotatable bonds is 7. The Kier molecular flexibility index (Phi) is 7.24. The topological polar surface area (TPSA) is 12.0 Å². The first kappa shape index (κ1) is 15.1. The van der Waals surface area contributed by atoms with Gasteiger partial charge in [0.1, 0.15) is 0 Å². The maximum absolute atomic E-state index is 3.66. The number of hydrogen-bond donors (Lipinski definition) is 1. The third-order valence-electron chi connectivity index (χ3n) is 2.68. The van der Waals surface area contributed by atoms with Crippen molar-refractivity contribution in [1.29, 1.82) is 0 Å². The summed E-state index contributed by atoms with van der Waals surface area (Å²) in [5, 5.41) is 4.11. The average molecular weight is 316 g/mol. The van der Waals surface area contributed by atoms with E-state index in [2.05, 4.69) is 60.2 Å². The highest BCUT2D eigenvalue weighted by molar-refractivity contribution is 9.10. The lowest BCUT2D eigenvalue weighted by molar-refractivity contribution is 0.673. The van der Waals surface area contributed by atoms with Crippen molar-refractivity contribution in [2.75, 3.05) is 6.54 Å². The predicted octanol–water partition coefficient (Wildman–Crippen LogP) is 4.84. The summed E-state index contributed by atoms with van der Waals surface area (Å²) in [5.74, 6) is 0. The van der Waals surface area contributed by atoms with Crippen LogP contribution < -0.4 is 5.32 Å². The molecule has 3 heteroatoms. The summed E-state index contributed by atoms with van der Waals surface area (Å²) in [6.45, 7) is 8.72. The van der Waals surface area contributed by atoms with Crippen molar-refractivity contribution < 1.29 is 0 Å². The fourth-order valence-corrected chi connectivity index (χ4v) is 3.09. The van der Waals surface area contributed by atoms with Gasteiger partial charge in [-0.15, -0.1) is 11.8 Å². The Morgan fingerprint density at radius 3 is 2.71 bits per heavy atom. The number of thioether (sulfide) groups is 1. The van der Waals surface area contributed by atoms with Gasteiger partial charge in [-0.05, 0) is 37.1 Å². The van der Waals surface area contributed by atoms with Crippen LogP contribution in [0.3, 0.4) is 0 Å². The van der Waals surface area contributed by atoms with E-state index in [9.17, 15) is 0 Å². The van der Waals surface area contributed by atoms with Crippen LogP contribution >= 0.6 is 27.7 Å². The minimum atomic E-state index is 0.686. The molecule has 96 valence electrons. The predicted molar refractivity (Wildman–Crippen MR) is 81.7 cm³/mol. The lowest BCUT2D eigenvalue weighted by Gasteiger charge is -2.11. The average Bonchev–Trinajstić information content (AvgIpc) is 2.32. The van der Waals surface area contributed by atoms with Crippen molar-refractivity contribution in [1.82, 2.24) is 5.32 Å². The van der Waals surface area contributed by atoms with Crippen molar-refractivity contribution in [2.45, 2.75) is 50.3 Å². The van der Waals surface area contributed by atoms with E-state index in [-0.39, 0.29) is 0 Å². The molecule has 0 fully saturated rings. The maximum atomic E-state index is 3.66. The van der Waals surface area contributed by atoms with Gasteiger partial charge in [-0.1, -0.05) is 42.8 Å². The Labute approximate surface area is 118 Å². The van der Waals surface area contributed by atoms with Gasteiger partial charge in [-0.2, -0.15) is 0 Å². The van der Waals surface area contributed by atoms with Gasteiger partial charge in [0, 0.05) is 21.2 Å². The van der Waals surface area contributed by atoms with Crippen LogP contribution in [0.25, 0.3) is 0 Å². The molecule has 1 nitrogen and oxygen atoms in total. The van der Waals surface area contributed by atoms with Crippen LogP contribution in [-0.2, 0) is 6.54 Å². The van der Waals surface area contributed by atoms with Crippen LogP contribution in [0.5, 0.6) is 0 Å². The van der Waals surface area contributed by atoms with Gasteiger partial charge < -0.3 is 5.32 Å². The molecule has 1 unspecified atom stereocenters. The highest BCUT2D eigenvalue weighted by Crippen LogP contribution is 2.29. The summed E-state index contributed by atoms with van der Waals surface area (Å²) in [4.78, 5) is 1.35. The lowest BCUT2D eigenvalue weighted by Crippen LogP contribution is -2.14. The molecule has 1 atom stereocenters. The van der Waals surface area contributed by atoms with Crippen molar-refractivity contribution in [3.05, 3.63) is 28.2 Å². The molecule has 1 N–H and O–H groups in total. The van der Waals surface area contributed by atoms with Gasteiger partial charge >= 0.3 is 0 Å². The Morgan fingerprint density at radius 2 is 2.12 bits per heavy atom. The minimum Gasteiger partial charge on any atom is -0.313 e. The normalized spacial score (nSPS) is 12.7. The number of nitrogens with one attached hydrogen (secondary N) is 1. The Balaban J connectivity index is 2.59. The van der Waals surface area contributed by atoms with Crippen LogP contribution in [0, 0.1) is 0 Å². The fraction of sp³-hybridized carbons (Fsp3) is 0.571. The van der Waals surface area contributed by atoms with Gasteiger partial charge in [-0.25, -0.2) is 0 Å². The highest BCUT2D eigenvalue weighted by Gasteiger charge is 2.05. The molecule has 0 saturated carbocycles. The number of hydrogen-bond acceptors (Lipinski definition) is 2. The van der Waals surface area contributed by atoms with Crippen LogP contribution in [0.1, 0.15) is 39.2 Å². The van der Waals surface area contributed by atoms with Crippen LogP contribution in [0.2, 0.25) is 0 Å². The van der Waals surface area contributed by atoms with E-state index in [1.165, 1.54) is 27.8 Å². The quantitative estimate of drug-likeness (QED) is 0.571. The Bertz CT molecular complexity index is 341. The SMILES string of the molecule is CCCNCc1ccc(SC(C)CC)cc1Br. The second-order valence-electron chi connectivity index (χ2n) is 4.27. The molecule has 0 bridgehead atoms. The van der Waals surface area contributed by atoms with E-state index in [1.54, 1.807) is 0 Å². The third kappa shape index (κ3) is 5.45. The monoisotopic (exact) mass is 315 g/mol. The lowest BCUT2D eigenvalue weighted by atomic mass is 10.2. The van der Waals surface area contributed by atoms with Gasteiger partial charge in [-0.3, -0.25) is 0 Å². The summed E-state index contributed by atoms with van der Waals surface area (Å²) in [6.07, 6.45) is 2.39. The number of benzene rings is 1. The van der Waals surface area contributed by atoms with Gasteiger partial charge in [0.05, 0.1) is 0 Å². The molecule has 0 aliphatic heterocycles. The first-order valence-electron chi connectivity index (χ1n) is 6.33. The van der Waals surface area contributed by atoms with E-state index in [1.807, 2.05) is 11.8 Å². The van der Waals surface area contributed by atoms with E-state index < -0.39 is 0 Å². The summed E-state index contributed by atoms with van der Waals surface area (Å²) in [7, 11) is 0. The molecule has 0 saturated heterocycles. The summed E-state index contributed by atoms with van der Waals surface area (Å²) >= 11 is 5.60. The molecule has 0 aliphatic rings. The van der Waals surface area contributed by atoms with E-state index in [4.69, 9.17) is 0 Å². The van der Waals surface area contributed by atoms with Gasteiger partial charge in [0.25, 0.3) is 0 Å². The van der Waals surface area contributed by atoms with Gasteiger partial charge in [0.15, 0.2) is 0 Å². The summed E-state index contributed by atoms with van der Waals surface area (Å²) in [5.41, 5.74) is 1.34. The first-order valence-corrected chi connectivity index (χ1v) is 8.00. The molecule has 1 aromatic rings. The largest absolute Gasteiger partial charge is 0.313 e. The standard InChI is InChI=1S/C14H22BrNS/c1-4-8-16-10-12-6-7-13(9-14(12)15)17-11(3)5-2/h6-7,9,11,16H,4-5,8,10H2,1-3H3. The molecule has 0 amide bonds. The molecule has 17 heavy (non-hydrogen) atoms. The molecule has 0 heterocycles. The first-order chi connectivity index (χ1) is 8.17. The van der Waals surface area contributed by atoms with Crippen LogP contribution in [-0.4, -0.2) is 11.8 Å². The third-order valence-corrected chi connectivity index (χ3v) is 4.68. The van der Waals surface area contributed by atoms with Crippen molar-refractivity contribution in [3.8, 4) is 0 Å². The summed E-state index contributed by atoms with van der Waals surface area (Å²) in [6, 6.07) is 6.68. The second-order valence-corrected chi connectivity index (χ2v) is 6.63. The maximum Gasteiger partial charge on any atom is 0.0231 e. The molecular formula is C14H22BrNS.